The van der Waals surface area contributed by atoms with E-state index in [1.807, 2.05) is 0 Å². The van der Waals surface area contributed by atoms with Gasteiger partial charge in [0.2, 0.25) is 0 Å². The molecule has 2 saturated carbocycles. The Morgan fingerprint density at radius 2 is 1.76 bits per heavy atom. The van der Waals surface area contributed by atoms with Gasteiger partial charge in [-0.15, -0.1) is 0 Å². The summed E-state index contributed by atoms with van der Waals surface area (Å²) in [5.74, 6) is -1.97. The lowest BCUT2D eigenvalue weighted by atomic mass is 9.42. The molecule has 1 unspecified atom stereocenters. The molecule has 5 atom stereocenters. The Labute approximate surface area is 195 Å². The number of sulfone groups is 1. The number of nitrogens with one attached hydrogen (secondary N) is 1. The number of hydrogen-bond donors (Lipinski definition) is 3. The van der Waals surface area contributed by atoms with E-state index in [0.29, 0.717) is 11.5 Å². The Morgan fingerprint density at radius 3 is 2.39 bits per heavy atom. The van der Waals surface area contributed by atoms with Crippen molar-refractivity contribution >= 4 is 21.7 Å². The van der Waals surface area contributed by atoms with Gasteiger partial charge in [0, 0.05) is 5.56 Å². The third kappa shape index (κ3) is 3.56. The molecular weight excluding hydrogens is 442 g/mol. The van der Waals surface area contributed by atoms with Gasteiger partial charge in [0.15, 0.2) is 9.84 Å². The van der Waals surface area contributed by atoms with Gasteiger partial charge in [-0.05, 0) is 78.4 Å². The summed E-state index contributed by atoms with van der Waals surface area (Å²) in [5, 5.41) is 22.0. The fourth-order valence-electron chi connectivity index (χ4n) is 7.58. The van der Waals surface area contributed by atoms with Crippen molar-refractivity contribution in [1.29, 1.82) is 0 Å². The first-order valence-corrected chi connectivity index (χ1v) is 13.4. The average Bonchev–Trinajstić information content (AvgIpc) is 2.68. The Bertz CT molecular complexity index is 1130. The minimum atomic E-state index is -3.76. The van der Waals surface area contributed by atoms with Crippen LogP contribution in [0.1, 0.15) is 82.6 Å². The van der Waals surface area contributed by atoms with E-state index in [-0.39, 0.29) is 38.7 Å². The highest BCUT2D eigenvalue weighted by molar-refractivity contribution is 7.91. The summed E-state index contributed by atoms with van der Waals surface area (Å²) in [6.45, 7) is 10.2. The molecule has 0 spiro atoms. The highest BCUT2D eigenvalue weighted by Gasteiger charge is 2.62. The van der Waals surface area contributed by atoms with Crippen molar-refractivity contribution in [3.63, 3.8) is 0 Å². The highest BCUT2D eigenvalue weighted by Crippen LogP contribution is 2.66. The zero-order valence-electron chi connectivity index (χ0n) is 20.1. The Hall–Kier alpha value is -2.09. The predicted octanol–water partition coefficient (Wildman–Crippen LogP) is 3.88. The molecule has 2 aliphatic carbocycles. The lowest BCUT2D eigenvalue weighted by Crippen LogP contribution is -2.60. The Morgan fingerprint density at radius 1 is 1.09 bits per heavy atom. The van der Waals surface area contributed by atoms with Crippen molar-refractivity contribution in [2.45, 2.75) is 83.1 Å². The number of carbonyl (C=O) groups is 2. The second kappa shape index (κ2) is 7.45. The zero-order chi connectivity index (χ0) is 24.6. The van der Waals surface area contributed by atoms with Gasteiger partial charge in [0.05, 0.1) is 10.6 Å². The van der Waals surface area contributed by atoms with Crippen molar-refractivity contribution in [2.75, 3.05) is 5.75 Å². The smallest absolute Gasteiger partial charge is 0.325 e. The van der Waals surface area contributed by atoms with E-state index in [9.17, 15) is 28.2 Å². The van der Waals surface area contributed by atoms with Crippen molar-refractivity contribution in [2.24, 2.45) is 22.7 Å². The van der Waals surface area contributed by atoms with E-state index in [4.69, 9.17) is 0 Å². The molecule has 4 rings (SSSR count). The molecule has 1 amide bonds. The minimum Gasteiger partial charge on any atom is -0.508 e. The Kier molecular flexibility index (Phi) is 5.43. The Balaban J connectivity index is 1.92. The summed E-state index contributed by atoms with van der Waals surface area (Å²) in [7, 11) is -3.76. The largest absolute Gasteiger partial charge is 0.508 e. The van der Waals surface area contributed by atoms with Crippen LogP contribution in [-0.4, -0.2) is 42.3 Å². The number of fused-ring (bicyclic) bond motifs is 5. The van der Waals surface area contributed by atoms with Crippen LogP contribution in [0.4, 0.5) is 0 Å². The van der Waals surface area contributed by atoms with Crippen molar-refractivity contribution < 1.29 is 28.2 Å². The van der Waals surface area contributed by atoms with E-state index in [2.05, 4.69) is 33.0 Å². The number of aliphatic carboxylic acids is 1. The number of aromatic hydroxyl groups is 1. The van der Waals surface area contributed by atoms with Gasteiger partial charge < -0.3 is 15.5 Å². The van der Waals surface area contributed by atoms with Crippen LogP contribution in [0.15, 0.2) is 17.0 Å². The molecule has 33 heavy (non-hydrogen) atoms. The number of hydrogen-bond acceptors (Lipinski definition) is 5. The van der Waals surface area contributed by atoms with E-state index in [1.165, 1.54) is 19.1 Å². The third-order valence-corrected chi connectivity index (χ3v) is 10.9. The van der Waals surface area contributed by atoms with Gasteiger partial charge in [-0.2, -0.15) is 0 Å². The second-order valence-electron chi connectivity index (χ2n) is 11.6. The molecule has 8 heteroatoms. The van der Waals surface area contributed by atoms with Gasteiger partial charge >= 0.3 is 5.97 Å². The zero-order valence-corrected chi connectivity index (χ0v) is 20.9. The SMILES string of the molecule is CC(NC(=O)c1cc(O)cc2c1[C@]1(C)CC[C@H]3C(C)(C)CCC[C@]3(C)[C@H]1CS2(=O)=O)C(=O)O. The number of phenolic OH excluding ortho intramolecular Hbond substituents is 1. The first kappa shape index (κ1) is 24.0. The summed E-state index contributed by atoms with van der Waals surface area (Å²) in [6, 6.07) is 1.39. The molecule has 3 aliphatic rings. The van der Waals surface area contributed by atoms with E-state index < -0.39 is 33.2 Å². The standard InChI is InChI=1S/C25H35NO6S/c1-14(22(29)30)26-21(28)16-11-15(27)12-17-20(16)25(5)10-7-18-23(2,3)8-6-9-24(18,4)19(25)13-33(17,31)32/h11-12,14,18-19,27H,6-10,13H2,1-5H3,(H,26,28)(H,29,30)/t14?,18-,19+,24-,25+/m0/s1. The van der Waals surface area contributed by atoms with Gasteiger partial charge in [0.25, 0.3) is 5.91 Å². The first-order valence-electron chi connectivity index (χ1n) is 11.8. The molecule has 7 nitrogen and oxygen atoms in total. The number of carboxylic acids is 1. The summed E-state index contributed by atoms with van der Waals surface area (Å²) in [5.41, 5.74) is -0.156. The maximum atomic E-state index is 13.6. The molecule has 1 aromatic carbocycles. The molecule has 2 fully saturated rings. The van der Waals surface area contributed by atoms with Gasteiger partial charge in [0.1, 0.15) is 11.8 Å². The summed E-state index contributed by atoms with van der Waals surface area (Å²) in [6.07, 6.45) is 4.78. The van der Waals surface area contributed by atoms with Crippen LogP contribution < -0.4 is 5.32 Å². The molecule has 1 heterocycles. The van der Waals surface area contributed by atoms with Crippen LogP contribution in [-0.2, 0) is 20.0 Å². The number of carboxylic acid groups (broad SMARTS) is 1. The number of amides is 1. The molecule has 182 valence electrons. The van der Waals surface area contributed by atoms with Gasteiger partial charge in [-0.25, -0.2) is 8.42 Å². The van der Waals surface area contributed by atoms with Gasteiger partial charge in [-0.1, -0.05) is 34.1 Å². The van der Waals surface area contributed by atoms with Gasteiger partial charge in [-0.3, -0.25) is 9.59 Å². The van der Waals surface area contributed by atoms with Crippen molar-refractivity contribution in [3.05, 3.63) is 23.3 Å². The highest BCUT2D eigenvalue weighted by atomic mass is 32.2. The fourth-order valence-corrected chi connectivity index (χ4v) is 9.90. The number of phenols is 1. The topological polar surface area (TPSA) is 121 Å². The van der Waals surface area contributed by atoms with E-state index >= 15 is 0 Å². The fraction of sp³-hybridized carbons (Fsp3) is 0.680. The van der Waals surface area contributed by atoms with E-state index in [1.54, 1.807) is 0 Å². The third-order valence-electron chi connectivity index (χ3n) is 9.14. The summed E-state index contributed by atoms with van der Waals surface area (Å²) >= 11 is 0. The molecule has 0 bridgehead atoms. The molecule has 0 radical (unpaired) electrons. The average molecular weight is 478 g/mol. The van der Waals surface area contributed by atoms with Crippen molar-refractivity contribution in [3.8, 4) is 5.75 Å². The maximum absolute atomic E-state index is 13.6. The molecule has 3 N–H and O–H groups in total. The minimum absolute atomic E-state index is 0.00434. The lowest BCUT2D eigenvalue weighted by molar-refractivity contribution is -0.138. The second-order valence-corrected chi connectivity index (χ2v) is 13.6. The monoisotopic (exact) mass is 477 g/mol. The summed E-state index contributed by atoms with van der Waals surface area (Å²) in [4.78, 5) is 24.5. The molecule has 1 aromatic rings. The number of carbonyl (C=O) groups excluding carboxylic acids is 1. The quantitative estimate of drug-likeness (QED) is 0.607. The molecule has 0 saturated heterocycles. The van der Waals surface area contributed by atoms with Crippen LogP contribution in [0.5, 0.6) is 5.75 Å². The predicted molar refractivity (Wildman–Crippen MR) is 124 cm³/mol. The number of benzene rings is 1. The molecule has 0 aromatic heterocycles. The van der Waals surface area contributed by atoms with Crippen LogP contribution in [0.2, 0.25) is 0 Å². The van der Waals surface area contributed by atoms with Crippen molar-refractivity contribution in [1.82, 2.24) is 5.32 Å². The van der Waals surface area contributed by atoms with Crippen LogP contribution in [0.3, 0.4) is 0 Å². The molecule has 1 aliphatic heterocycles. The first-order chi connectivity index (χ1) is 15.1. The normalized spacial score (nSPS) is 34.8. The van der Waals surface area contributed by atoms with Crippen LogP contribution in [0, 0.1) is 22.7 Å². The van der Waals surface area contributed by atoms with Crippen LogP contribution >= 0.6 is 0 Å². The van der Waals surface area contributed by atoms with Crippen LogP contribution in [0.25, 0.3) is 0 Å². The number of rotatable bonds is 3. The molecular formula is C25H35NO6S. The summed E-state index contributed by atoms with van der Waals surface area (Å²) < 4.78 is 27.1. The maximum Gasteiger partial charge on any atom is 0.325 e. The van der Waals surface area contributed by atoms with E-state index in [0.717, 1.165) is 32.1 Å². The lowest BCUT2D eigenvalue weighted by Gasteiger charge is -2.64.